The molecule has 134 valence electrons. The van der Waals surface area contributed by atoms with Crippen LogP contribution in [0.15, 0.2) is 78.9 Å². The summed E-state index contributed by atoms with van der Waals surface area (Å²) in [6.45, 7) is 0.759. The maximum atomic E-state index is 9.01. The maximum Gasteiger partial charge on any atom is 0.162 e. The van der Waals surface area contributed by atoms with Crippen LogP contribution in [0.4, 0.5) is 11.5 Å². The van der Waals surface area contributed by atoms with E-state index in [1.807, 2.05) is 55.6 Å². The average Bonchev–Trinajstić information content (AvgIpc) is 2.73. The van der Waals surface area contributed by atoms with E-state index in [0.717, 1.165) is 28.8 Å². The Labute approximate surface area is 157 Å². The molecular weight excluding hydrogens is 336 g/mol. The molecule has 5 heteroatoms. The summed E-state index contributed by atoms with van der Waals surface area (Å²) in [5.41, 5.74) is 5.80. The molecule has 0 atom stereocenters. The number of fused-ring (bicyclic) bond motifs is 1. The van der Waals surface area contributed by atoms with Gasteiger partial charge in [-0.15, -0.1) is 0 Å². The van der Waals surface area contributed by atoms with Crippen molar-refractivity contribution >= 4 is 22.4 Å². The lowest BCUT2D eigenvalue weighted by atomic mass is 10.1. The van der Waals surface area contributed by atoms with Gasteiger partial charge in [0.1, 0.15) is 5.82 Å². The van der Waals surface area contributed by atoms with Crippen molar-refractivity contribution in [3.05, 3.63) is 84.4 Å². The third-order valence-electron chi connectivity index (χ3n) is 4.48. The number of nitrogens with one attached hydrogen (secondary N) is 1. The van der Waals surface area contributed by atoms with E-state index in [1.54, 1.807) is 12.1 Å². The fourth-order valence-corrected chi connectivity index (χ4v) is 3.11. The highest BCUT2D eigenvalue weighted by atomic mass is 16.5. The van der Waals surface area contributed by atoms with Gasteiger partial charge in [-0.2, -0.15) is 0 Å². The van der Waals surface area contributed by atoms with Crippen LogP contribution in [0.1, 0.15) is 5.56 Å². The van der Waals surface area contributed by atoms with Crippen molar-refractivity contribution < 1.29 is 5.21 Å². The summed E-state index contributed by atoms with van der Waals surface area (Å²) in [7, 11) is 2.05. The Hall–Kier alpha value is -3.44. The Balaban J connectivity index is 1.78. The molecule has 2 N–H and O–H groups in total. The van der Waals surface area contributed by atoms with E-state index in [1.165, 1.54) is 5.56 Å². The molecule has 0 unspecified atom stereocenters. The van der Waals surface area contributed by atoms with Crippen LogP contribution in [0.25, 0.3) is 22.3 Å². The van der Waals surface area contributed by atoms with Crippen molar-refractivity contribution in [3.8, 4) is 11.4 Å². The minimum atomic E-state index is 0.626. The van der Waals surface area contributed by atoms with Gasteiger partial charge in [0.25, 0.3) is 0 Å². The number of benzene rings is 3. The molecule has 0 bridgehead atoms. The van der Waals surface area contributed by atoms with Gasteiger partial charge < -0.3 is 4.90 Å². The summed E-state index contributed by atoms with van der Waals surface area (Å²) < 4.78 is 0. The molecule has 0 radical (unpaired) electrons. The number of hydrogen-bond donors (Lipinski definition) is 2. The largest absolute Gasteiger partial charge is 0.355 e. The molecule has 27 heavy (non-hydrogen) atoms. The van der Waals surface area contributed by atoms with Crippen LogP contribution in [0.5, 0.6) is 0 Å². The zero-order valence-corrected chi connectivity index (χ0v) is 15.0. The number of para-hydroxylation sites is 1. The van der Waals surface area contributed by atoms with Crippen LogP contribution in [-0.4, -0.2) is 22.2 Å². The van der Waals surface area contributed by atoms with Gasteiger partial charge in [-0.1, -0.05) is 42.5 Å². The van der Waals surface area contributed by atoms with Gasteiger partial charge in [0.15, 0.2) is 5.82 Å². The third-order valence-corrected chi connectivity index (χ3v) is 4.48. The first kappa shape index (κ1) is 17.0. The number of rotatable bonds is 5. The SMILES string of the molecule is CN(Cc1ccccc1)c1nc(-c2ccc(NO)cc2)nc2ccccc12. The zero-order valence-electron chi connectivity index (χ0n) is 15.0. The molecule has 0 fully saturated rings. The molecule has 4 aromatic rings. The van der Waals surface area contributed by atoms with Crippen LogP contribution >= 0.6 is 0 Å². The Morgan fingerprint density at radius 2 is 1.56 bits per heavy atom. The molecule has 0 amide bonds. The number of hydrogen-bond acceptors (Lipinski definition) is 5. The minimum absolute atomic E-state index is 0.626. The lowest BCUT2D eigenvalue weighted by Crippen LogP contribution is -2.18. The summed E-state index contributed by atoms with van der Waals surface area (Å²) in [6.07, 6.45) is 0. The normalized spacial score (nSPS) is 10.7. The van der Waals surface area contributed by atoms with Crippen LogP contribution < -0.4 is 10.4 Å². The predicted molar refractivity (Wildman–Crippen MR) is 109 cm³/mol. The maximum absolute atomic E-state index is 9.01. The van der Waals surface area contributed by atoms with Gasteiger partial charge in [-0.05, 0) is 42.0 Å². The van der Waals surface area contributed by atoms with E-state index in [0.29, 0.717) is 11.5 Å². The molecule has 4 rings (SSSR count). The molecule has 0 aliphatic heterocycles. The number of nitrogens with zero attached hydrogens (tertiary/aromatic N) is 3. The summed E-state index contributed by atoms with van der Waals surface area (Å²) in [6, 6.07) is 25.8. The lowest BCUT2D eigenvalue weighted by Gasteiger charge is -2.21. The van der Waals surface area contributed by atoms with Crippen LogP contribution in [0.3, 0.4) is 0 Å². The van der Waals surface area contributed by atoms with Crippen LogP contribution in [0.2, 0.25) is 0 Å². The molecule has 1 heterocycles. The molecule has 1 aromatic heterocycles. The highest BCUT2D eigenvalue weighted by molar-refractivity contribution is 5.91. The number of anilines is 2. The van der Waals surface area contributed by atoms with E-state index in [4.69, 9.17) is 15.2 Å². The van der Waals surface area contributed by atoms with Crippen molar-refractivity contribution in [2.45, 2.75) is 6.54 Å². The topological polar surface area (TPSA) is 61.3 Å². The summed E-state index contributed by atoms with van der Waals surface area (Å²) in [5.74, 6) is 1.55. The molecule has 0 aliphatic carbocycles. The number of aromatic nitrogens is 2. The van der Waals surface area contributed by atoms with Crippen LogP contribution in [-0.2, 0) is 6.54 Å². The van der Waals surface area contributed by atoms with Crippen molar-refractivity contribution in [3.63, 3.8) is 0 Å². The van der Waals surface area contributed by atoms with Crippen molar-refractivity contribution in [1.82, 2.24) is 9.97 Å². The first-order valence-corrected chi connectivity index (χ1v) is 8.77. The first-order valence-electron chi connectivity index (χ1n) is 8.77. The quantitative estimate of drug-likeness (QED) is 0.506. The third kappa shape index (κ3) is 3.59. The predicted octanol–water partition coefficient (Wildman–Crippen LogP) is 4.73. The van der Waals surface area contributed by atoms with Gasteiger partial charge in [-0.3, -0.25) is 10.7 Å². The second kappa shape index (κ2) is 7.43. The molecule has 5 nitrogen and oxygen atoms in total. The molecule has 3 aromatic carbocycles. The standard InChI is InChI=1S/C22H20N4O/c1-26(15-16-7-3-2-4-8-16)22-19-9-5-6-10-20(19)23-21(24-22)17-11-13-18(25-27)14-12-17/h2-14,25,27H,15H2,1H3. The molecular formula is C22H20N4O. The zero-order chi connectivity index (χ0) is 18.6. The fraction of sp³-hybridized carbons (Fsp3) is 0.0909. The van der Waals surface area contributed by atoms with Gasteiger partial charge in [0.2, 0.25) is 0 Å². The van der Waals surface area contributed by atoms with E-state index < -0.39 is 0 Å². The lowest BCUT2D eigenvalue weighted by molar-refractivity contribution is 0.389. The van der Waals surface area contributed by atoms with Crippen LogP contribution in [0, 0.1) is 0 Å². The average molecular weight is 356 g/mol. The van der Waals surface area contributed by atoms with Gasteiger partial charge in [0, 0.05) is 24.5 Å². The summed E-state index contributed by atoms with van der Waals surface area (Å²) in [4.78, 5) is 11.7. The van der Waals surface area contributed by atoms with E-state index in [9.17, 15) is 0 Å². The summed E-state index contributed by atoms with van der Waals surface area (Å²) in [5, 5.41) is 10.0. The molecule has 0 saturated heterocycles. The van der Waals surface area contributed by atoms with E-state index in [2.05, 4.69) is 28.6 Å². The molecule has 0 spiro atoms. The van der Waals surface area contributed by atoms with E-state index >= 15 is 0 Å². The summed E-state index contributed by atoms with van der Waals surface area (Å²) >= 11 is 0. The van der Waals surface area contributed by atoms with E-state index in [-0.39, 0.29) is 0 Å². The second-order valence-electron chi connectivity index (χ2n) is 6.42. The first-order chi connectivity index (χ1) is 13.2. The highest BCUT2D eigenvalue weighted by Gasteiger charge is 2.13. The second-order valence-corrected chi connectivity index (χ2v) is 6.42. The fourth-order valence-electron chi connectivity index (χ4n) is 3.11. The van der Waals surface area contributed by atoms with Gasteiger partial charge >= 0.3 is 0 Å². The van der Waals surface area contributed by atoms with Crippen molar-refractivity contribution in [2.24, 2.45) is 0 Å². The Kier molecular flexibility index (Phi) is 4.68. The molecule has 0 saturated carbocycles. The van der Waals surface area contributed by atoms with Crippen molar-refractivity contribution in [2.75, 3.05) is 17.4 Å². The Morgan fingerprint density at radius 3 is 2.30 bits per heavy atom. The Morgan fingerprint density at radius 1 is 0.852 bits per heavy atom. The highest BCUT2D eigenvalue weighted by Crippen LogP contribution is 2.28. The van der Waals surface area contributed by atoms with Crippen molar-refractivity contribution in [1.29, 1.82) is 0 Å². The molecule has 0 aliphatic rings. The minimum Gasteiger partial charge on any atom is -0.355 e. The monoisotopic (exact) mass is 356 g/mol. The van der Waals surface area contributed by atoms with Gasteiger partial charge in [-0.25, -0.2) is 9.97 Å². The van der Waals surface area contributed by atoms with Gasteiger partial charge in [0.05, 0.1) is 11.2 Å². The smallest absolute Gasteiger partial charge is 0.162 e. The Bertz CT molecular complexity index is 1050.